The maximum absolute atomic E-state index is 12.2. The highest BCUT2D eigenvalue weighted by Crippen LogP contribution is 2.26. The van der Waals surface area contributed by atoms with Gasteiger partial charge in [-0.15, -0.1) is 10.2 Å². The summed E-state index contributed by atoms with van der Waals surface area (Å²) in [6.45, 7) is 0. The Morgan fingerprint density at radius 1 is 1.08 bits per heavy atom. The topological polar surface area (TPSA) is 94.3 Å². The summed E-state index contributed by atoms with van der Waals surface area (Å²) >= 11 is 6.06. The first-order valence-corrected chi connectivity index (χ1v) is 7.54. The van der Waals surface area contributed by atoms with E-state index in [-0.39, 0.29) is 11.8 Å². The fourth-order valence-corrected chi connectivity index (χ4v) is 2.27. The van der Waals surface area contributed by atoms with E-state index in [2.05, 4.69) is 20.3 Å². The van der Waals surface area contributed by atoms with Crippen molar-refractivity contribution in [1.82, 2.24) is 10.2 Å². The molecule has 0 radical (unpaired) electrons. The number of hydrogen-bond acceptors (Lipinski definition) is 6. The fourth-order valence-electron chi connectivity index (χ4n) is 2.05. The van der Waals surface area contributed by atoms with Crippen molar-refractivity contribution in [3.05, 3.63) is 65.0 Å². The molecule has 7 nitrogen and oxygen atoms in total. The van der Waals surface area contributed by atoms with Crippen molar-refractivity contribution in [2.45, 2.75) is 0 Å². The summed E-state index contributed by atoms with van der Waals surface area (Å²) in [6, 6.07) is 13.1. The zero-order valence-corrected chi connectivity index (χ0v) is 13.8. The highest BCUT2D eigenvalue weighted by molar-refractivity contribution is 6.33. The summed E-state index contributed by atoms with van der Waals surface area (Å²) < 4.78 is 9.98. The fraction of sp³-hybridized carbons (Fsp3) is 0.0588. The summed E-state index contributed by atoms with van der Waals surface area (Å²) in [5.41, 5.74) is 1.38. The zero-order chi connectivity index (χ0) is 17.8. The lowest BCUT2D eigenvalue weighted by Gasteiger charge is -2.03. The Morgan fingerprint density at radius 2 is 1.80 bits per heavy atom. The van der Waals surface area contributed by atoms with Crippen molar-refractivity contribution in [2.75, 3.05) is 12.4 Å². The molecule has 0 saturated carbocycles. The van der Waals surface area contributed by atoms with Gasteiger partial charge in [-0.05, 0) is 36.4 Å². The first kappa shape index (κ1) is 16.7. The minimum atomic E-state index is -0.573. The maximum atomic E-state index is 12.2. The van der Waals surface area contributed by atoms with E-state index in [1.807, 2.05) is 0 Å². The summed E-state index contributed by atoms with van der Waals surface area (Å²) in [4.78, 5) is 23.6. The van der Waals surface area contributed by atoms with Crippen molar-refractivity contribution < 1.29 is 18.7 Å². The monoisotopic (exact) mass is 357 g/mol. The molecule has 0 spiro atoms. The Hall–Kier alpha value is -3.19. The first-order chi connectivity index (χ1) is 12.1. The average molecular weight is 358 g/mol. The number of methoxy groups -OCH3 is 1. The third kappa shape index (κ3) is 3.67. The molecule has 1 N–H and O–H groups in total. The van der Waals surface area contributed by atoms with Crippen LogP contribution >= 0.6 is 11.6 Å². The van der Waals surface area contributed by atoms with E-state index in [0.717, 1.165) is 0 Å². The van der Waals surface area contributed by atoms with E-state index in [1.165, 1.54) is 19.2 Å². The number of nitrogens with zero attached hydrogens (tertiary/aromatic N) is 2. The Morgan fingerprint density at radius 3 is 2.48 bits per heavy atom. The van der Waals surface area contributed by atoms with Crippen LogP contribution in [0.4, 0.5) is 5.69 Å². The van der Waals surface area contributed by atoms with Gasteiger partial charge in [-0.25, -0.2) is 4.79 Å². The molecule has 0 aliphatic heterocycles. The van der Waals surface area contributed by atoms with Crippen LogP contribution in [0.15, 0.2) is 52.9 Å². The quantitative estimate of drug-likeness (QED) is 0.719. The Kier molecular flexibility index (Phi) is 4.76. The van der Waals surface area contributed by atoms with Gasteiger partial charge in [0, 0.05) is 5.69 Å². The minimum absolute atomic E-state index is 0.150. The Bertz CT molecular complexity index is 922. The molecule has 1 amide bonds. The molecule has 0 aliphatic rings. The molecule has 0 fully saturated rings. The van der Waals surface area contributed by atoms with Crippen LogP contribution in [0.1, 0.15) is 21.0 Å². The van der Waals surface area contributed by atoms with Gasteiger partial charge >= 0.3 is 17.8 Å². The van der Waals surface area contributed by atoms with Gasteiger partial charge in [0.1, 0.15) is 0 Å². The molecule has 0 unspecified atom stereocenters. The summed E-state index contributed by atoms with van der Waals surface area (Å²) in [6.07, 6.45) is 0. The van der Waals surface area contributed by atoms with Gasteiger partial charge in [0.2, 0.25) is 5.89 Å². The number of nitrogens with one attached hydrogen (secondary N) is 1. The molecule has 1 heterocycles. The maximum Gasteiger partial charge on any atom is 0.337 e. The number of hydrogen-bond donors (Lipinski definition) is 1. The van der Waals surface area contributed by atoms with Crippen LogP contribution in [0, 0.1) is 0 Å². The molecule has 0 atom stereocenters. The van der Waals surface area contributed by atoms with E-state index in [0.29, 0.717) is 21.8 Å². The number of esters is 1. The molecule has 3 aromatic rings. The van der Waals surface area contributed by atoms with Crippen LogP contribution in [0.3, 0.4) is 0 Å². The standard InChI is InChI=1S/C17H12ClN3O4/c1-24-17(23)10-6-8-11(9-7-10)19-14(22)16-21-20-15(25-16)12-4-2-3-5-13(12)18/h2-9H,1H3,(H,19,22). The lowest BCUT2D eigenvalue weighted by molar-refractivity contribution is 0.0600. The summed E-state index contributed by atoms with van der Waals surface area (Å²) in [7, 11) is 1.30. The van der Waals surface area contributed by atoms with Crippen molar-refractivity contribution in [3.63, 3.8) is 0 Å². The second-order valence-electron chi connectivity index (χ2n) is 4.92. The van der Waals surface area contributed by atoms with Crippen LogP contribution in [0.25, 0.3) is 11.5 Å². The second-order valence-corrected chi connectivity index (χ2v) is 5.32. The number of carbonyl (C=O) groups is 2. The SMILES string of the molecule is COC(=O)c1ccc(NC(=O)c2nnc(-c3ccccc3Cl)o2)cc1. The summed E-state index contributed by atoms with van der Waals surface area (Å²) in [5, 5.41) is 10.6. The number of benzene rings is 2. The zero-order valence-electron chi connectivity index (χ0n) is 13.0. The van der Waals surface area contributed by atoms with E-state index >= 15 is 0 Å². The molecule has 3 rings (SSSR count). The predicted molar refractivity (Wildman–Crippen MR) is 90.5 cm³/mol. The minimum Gasteiger partial charge on any atom is -0.465 e. The van der Waals surface area contributed by atoms with Crippen LogP contribution in [-0.2, 0) is 4.74 Å². The summed E-state index contributed by atoms with van der Waals surface area (Å²) in [5.74, 6) is -1.08. The van der Waals surface area contributed by atoms with Crippen molar-refractivity contribution in [2.24, 2.45) is 0 Å². The van der Waals surface area contributed by atoms with E-state index in [1.54, 1.807) is 36.4 Å². The van der Waals surface area contributed by atoms with Crippen LogP contribution in [0.2, 0.25) is 5.02 Å². The van der Waals surface area contributed by atoms with Crippen LogP contribution < -0.4 is 5.32 Å². The molecule has 8 heteroatoms. The largest absolute Gasteiger partial charge is 0.465 e. The van der Waals surface area contributed by atoms with Crippen molar-refractivity contribution in [3.8, 4) is 11.5 Å². The molecular weight excluding hydrogens is 346 g/mol. The predicted octanol–water partition coefficient (Wildman–Crippen LogP) is 3.43. The van der Waals surface area contributed by atoms with Gasteiger partial charge in [-0.1, -0.05) is 23.7 Å². The van der Waals surface area contributed by atoms with Gasteiger partial charge in [-0.3, -0.25) is 4.79 Å². The van der Waals surface area contributed by atoms with E-state index in [4.69, 9.17) is 16.0 Å². The molecule has 1 aromatic heterocycles. The number of aromatic nitrogens is 2. The van der Waals surface area contributed by atoms with Crippen molar-refractivity contribution in [1.29, 1.82) is 0 Å². The lowest BCUT2D eigenvalue weighted by atomic mass is 10.2. The first-order valence-electron chi connectivity index (χ1n) is 7.16. The molecule has 0 saturated heterocycles. The number of halogens is 1. The van der Waals surface area contributed by atoms with Gasteiger partial charge in [-0.2, -0.15) is 0 Å². The van der Waals surface area contributed by atoms with E-state index < -0.39 is 11.9 Å². The molecule has 25 heavy (non-hydrogen) atoms. The third-order valence-corrected chi connectivity index (χ3v) is 3.62. The van der Waals surface area contributed by atoms with Gasteiger partial charge in [0.25, 0.3) is 0 Å². The smallest absolute Gasteiger partial charge is 0.337 e. The lowest BCUT2D eigenvalue weighted by Crippen LogP contribution is -2.12. The van der Waals surface area contributed by atoms with Gasteiger partial charge in [0.05, 0.1) is 23.3 Å². The second kappa shape index (κ2) is 7.14. The van der Waals surface area contributed by atoms with Crippen molar-refractivity contribution >= 4 is 29.2 Å². The van der Waals surface area contributed by atoms with Crippen LogP contribution in [0.5, 0.6) is 0 Å². The molecule has 126 valence electrons. The third-order valence-electron chi connectivity index (χ3n) is 3.29. The number of ether oxygens (including phenoxy) is 1. The Labute approximate surface area is 147 Å². The van der Waals surface area contributed by atoms with E-state index in [9.17, 15) is 9.59 Å². The number of rotatable bonds is 4. The highest BCUT2D eigenvalue weighted by Gasteiger charge is 2.17. The molecule has 2 aromatic carbocycles. The van der Waals surface area contributed by atoms with Gasteiger partial charge < -0.3 is 14.5 Å². The van der Waals surface area contributed by atoms with Crippen LogP contribution in [-0.4, -0.2) is 29.2 Å². The highest BCUT2D eigenvalue weighted by atomic mass is 35.5. The average Bonchev–Trinajstić information content (AvgIpc) is 3.12. The number of anilines is 1. The normalized spacial score (nSPS) is 10.3. The van der Waals surface area contributed by atoms with Gasteiger partial charge in [0.15, 0.2) is 0 Å². The number of carbonyl (C=O) groups excluding carboxylic acids is 2. The molecule has 0 aliphatic carbocycles. The Balaban J connectivity index is 1.74. The number of amides is 1. The molecular formula is C17H12ClN3O4. The molecule has 0 bridgehead atoms.